The Bertz CT molecular complexity index is 985. The Morgan fingerprint density at radius 2 is 1.80 bits per heavy atom. The maximum absolute atomic E-state index is 12.8. The van der Waals surface area contributed by atoms with Crippen molar-refractivity contribution in [3.8, 4) is 5.75 Å². The fourth-order valence-electron chi connectivity index (χ4n) is 2.89. The van der Waals surface area contributed by atoms with Gasteiger partial charge >= 0.3 is 5.97 Å². The van der Waals surface area contributed by atoms with Gasteiger partial charge in [-0.1, -0.05) is 23.7 Å². The average molecular weight is 454 g/mol. The monoisotopic (exact) mass is 453 g/mol. The lowest BCUT2D eigenvalue weighted by Gasteiger charge is -2.26. The van der Waals surface area contributed by atoms with E-state index >= 15 is 0 Å². The van der Waals surface area contributed by atoms with Crippen LogP contribution in [0.5, 0.6) is 5.75 Å². The highest BCUT2D eigenvalue weighted by Gasteiger charge is 2.32. The van der Waals surface area contributed by atoms with Gasteiger partial charge in [-0.2, -0.15) is 4.31 Å². The Morgan fingerprint density at radius 1 is 1.13 bits per heavy atom. The molecule has 1 aliphatic heterocycles. The Labute approximate surface area is 181 Å². The first-order valence-corrected chi connectivity index (χ1v) is 11.3. The van der Waals surface area contributed by atoms with Crippen molar-refractivity contribution in [2.45, 2.75) is 31.0 Å². The summed E-state index contributed by atoms with van der Waals surface area (Å²) in [4.78, 5) is 12.7. The van der Waals surface area contributed by atoms with E-state index < -0.39 is 21.6 Å². The van der Waals surface area contributed by atoms with Crippen molar-refractivity contribution in [2.24, 2.45) is 0 Å². The topological polar surface area (TPSA) is 82.1 Å². The number of benzene rings is 2. The van der Waals surface area contributed by atoms with E-state index in [1.807, 2.05) is 0 Å². The molecule has 1 saturated heterocycles. The van der Waals surface area contributed by atoms with Crippen molar-refractivity contribution in [3.63, 3.8) is 0 Å². The smallest absolute Gasteiger partial charge is 0.350 e. The predicted octanol–water partition coefficient (Wildman–Crippen LogP) is 3.26. The van der Waals surface area contributed by atoms with Gasteiger partial charge < -0.3 is 14.2 Å². The number of esters is 1. The minimum Gasteiger partial charge on any atom is -0.476 e. The molecule has 30 heavy (non-hydrogen) atoms. The van der Waals surface area contributed by atoms with Crippen LogP contribution in [0.15, 0.2) is 53.4 Å². The van der Waals surface area contributed by atoms with Gasteiger partial charge in [-0.15, -0.1) is 0 Å². The van der Waals surface area contributed by atoms with Crippen molar-refractivity contribution in [3.05, 3.63) is 59.1 Å². The van der Waals surface area contributed by atoms with E-state index in [9.17, 15) is 13.2 Å². The fourth-order valence-corrected chi connectivity index (χ4v) is 4.50. The molecule has 0 bridgehead atoms. The summed E-state index contributed by atoms with van der Waals surface area (Å²) in [6.07, 6.45) is 0. The summed E-state index contributed by atoms with van der Waals surface area (Å²) in [5.74, 6) is -0.0844. The zero-order valence-electron chi connectivity index (χ0n) is 16.8. The summed E-state index contributed by atoms with van der Waals surface area (Å²) in [5, 5.41) is 0.564. The van der Waals surface area contributed by atoms with E-state index in [2.05, 4.69) is 0 Å². The predicted molar refractivity (Wildman–Crippen MR) is 112 cm³/mol. The molecular weight excluding hydrogens is 430 g/mol. The van der Waals surface area contributed by atoms with E-state index in [-0.39, 0.29) is 11.5 Å². The first-order valence-electron chi connectivity index (χ1n) is 9.47. The lowest BCUT2D eigenvalue weighted by Crippen LogP contribution is -2.40. The third-order valence-electron chi connectivity index (χ3n) is 4.55. The summed E-state index contributed by atoms with van der Waals surface area (Å²) in [6, 6.07) is 13.0. The molecule has 2 aromatic carbocycles. The third kappa shape index (κ3) is 5.51. The molecule has 1 fully saturated rings. The van der Waals surface area contributed by atoms with Gasteiger partial charge in [0, 0.05) is 18.1 Å². The molecule has 3 rings (SSSR count). The molecule has 0 aromatic heterocycles. The molecule has 0 radical (unpaired) electrons. The number of carbonyl (C=O) groups excluding carboxylic acids is 1. The molecule has 0 N–H and O–H groups in total. The summed E-state index contributed by atoms with van der Waals surface area (Å²) >= 11 is 5.86. The molecule has 9 heteroatoms. The van der Waals surface area contributed by atoms with Crippen molar-refractivity contribution >= 4 is 27.6 Å². The Hall–Kier alpha value is -2.13. The summed E-state index contributed by atoms with van der Waals surface area (Å²) < 4.78 is 43.3. The number of hydrogen-bond acceptors (Lipinski definition) is 6. The fraction of sp³-hybridized carbons (Fsp3) is 0.381. The highest BCUT2D eigenvalue weighted by Crippen LogP contribution is 2.23. The van der Waals surface area contributed by atoms with Crippen LogP contribution in [0.1, 0.15) is 19.4 Å². The molecule has 0 unspecified atom stereocenters. The number of hydrogen-bond donors (Lipinski definition) is 0. The number of ether oxygens (including phenoxy) is 3. The third-order valence-corrected chi connectivity index (χ3v) is 6.70. The number of carbonyl (C=O) groups is 1. The quantitative estimate of drug-likeness (QED) is 0.598. The van der Waals surface area contributed by atoms with Crippen molar-refractivity contribution in [1.82, 2.24) is 4.31 Å². The maximum atomic E-state index is 12.8. The number of sulfonamides is 1. The molecular formula is C21H24ClNO6S. The first-order chi connectivity index (χ1) is 14.2. The molecule has 7 nitrogen and oxygen atoms in total. The SMILES string of the molecule is CC(C)(Oc1ccc(Cl)cc1)C(=O)OCc1cccc(S(=O)(=O)N2CCOCC2)c1. The summed E-state index contributed by atoms with van der Waals surface area (Å²) in [7, 11) is -3.62. The van der Waals surface area contributed by atoms with Crippen molar-refractivity contribution in [1.29, 1.82) is 0 Å². The van der Waals surface area contributed by atoms with Gasteiger partial charge in [0.15, 0.2) is 5.60 Å². The second-order valence-corrected chi connectivity index (χ2v) is 9.68. The average Bonchev–Trinajstić information content (AvgIpc) is 2.74. The van der Waals surface area contributed by atoms with Crippen LogP contribution < -0.4 is 4.74 Å². The van der Waals surface area contributed by atoms with Gasteiger partial charge in [0.05, 0.1) is 18.1 Å². The molecule has 0 saturated carbocycles. The summed E-state index contributed by atoms with van der Waals surface area (Å²) in [6.45, 7) is 4.51. The van der Waals surface area contributed by atoms with Crippen LogP contribution in [-0.2, 0) is 30.9 Å². The van der Waals surface area contributed by atoms with Crippen LogP contribution in [0.25, 0.3) is 0 Å². The lowest BCUT2D eigenvalue weighted by molar-refractivity contribution is -0.160. The van der Waals surface area contributed by atoms with E-state index in [0.717, 1.165) is 0 Å². The van der Waals surface area contributed by atoms with Gasteiger partial charge in [0.25, 0.3) is 0 Å². The number of rotatable bonds is 7. The highest BCUT2D eigenvalue weighted by atomic mass is 35.5. The standard InChI is InChI=1S/C21H24ClNO6S/c1-21(2,29-18-8-6-17(22)7-9-18)20(24)28-15-16-4-3-5-19(14-16)30(25,26)23-10-12-27-13-11-23/h3-9,14H,10-13,15H2,1-2H3. The second-order valence-electron chi connectivity index (χ2n) is 7.31. The number of morpholine rings is 1. The van der Waals surface area contributed by atoms with Crippen LogP contribution in [0.2, 0.25) is 5.02 Å². The molecule has 2 aromatic rings. The molecule has 1 aliphatic rings. The number of nitrogens with zero attached hydrogens (tertiary/aromatic N) is 1. The van der Waals surface area contributed by atoms with Crippen LogP contribution in [0, 0.1) is 0 Å². The zero-order chi connectivity index (χ0) is 21.8. The van der Waals surface area contributed by atoms with Crippen molar-refractivity contribution in [2.75, 3.05) is 26.3 Å². The first kappa shape index (κ1) is 22.6. The maximum Gasteiger partial charge on any atom is 0.350 e. The van der Waals surface area contributed by atoms with Crippen LogP contribution in [-0.4, -0.2) is 50.6 Å². The molecule has 0 aliphatic carbocycles. The number of halogens is 1. The van der Waals surface area contributed by atoms with E-state index in [1.165, 1.54) is 16.4 Å². The molecule has 0 atom stereocenters. The second kappa shape index (κ2) is 9.34. The van der Waals surface area contributed by atoms with E-state index in [4.69, 9.17) is 25.8 Å². The molecule has 162 valence electrons. The van der Waals surface area contributed by atoms with Gasteiger partial charge in [-0.05, 0) is 55.8 Å². The normalized spacial score (nSPS) is 15.6. The van der Waals surface area contributed by atoms with Crippen molar-refractivity contribution < 1.29 is 27.4 Å². The molecule has 0 spiro atoms. The van der Waals surface area contributed by atoms with Crippen LogP contribution in [0.4, 0.5) is 0 Å². The van der Waals surface area contributed by atoms with E-state index in [1.54, 1.807) is 50.2 Å². The van der Waals surface area contributed by atoms with Gasteiger partial charge in [0.2, 0.25) is 10.0 Å². The largest absolute Gasteiger partial charge is 0.476 e. The van der Waals surface area contributed by atoms with Gasteiger partial charge in [0.1, 0.15) is 12.4 Å². The zero-order valence-corrected chi connectivity index (χ0v) is 18.4. The van der Waals surface area contributed by atoms with Gasteiger partial charge in [-0.25, -0.2) is 13.2 Å². The minimum atomic E-state index is -3.62. The Balaban J connectivity index is 1.64. The van der Waals surface area contributed by atoms with Crippen LogP contribution >= 0.6 is 11.6 Å². The lowest BCUT2D eigenvalue weighted by atomic mass is 10.1. The van der Waals surface area contributed by atoms with Gasteiger partial charge in [-0.3, -0.25) is 0 Å². The molecule has 0 amide bonds. The molecule has 1 heterocycles. The Kier molecular flexibility index (Phi) is 7.02. The van der Waals surface area contributed by atoms with E-state index in [0.29, 0.717) is 42.6 Å². The van der Waals surface area contributed by atoms with Crippen LogP contribution in [0.3, 0.4) is 0 Å². The summed E-state index contributed by atoms with van der Waals surface area (Å²) in [5.41, 5.74) is -0.661. The minimum absolute atomic E-state index is 0.0707. The highest BCUT2D eigenvalue weighted by molar-refractivity contribution is 7.89. The Morgan fingerprint density at radius 3 is 2.47 bits per heavy atom.